The average molecular weight is 495 g/mol. The Morgan fingerprint density at radius 1 is 1.06 bits per heavy atom. The molecule has 33 heavy (non-hydrogen) atoms. The van der Waals surface area contributed by atoms with E-state index in [9.17, 15) is 4.79 Å². The lowest BCUT2D eigenvalue weighted by Gasteiger charge is -2.20. The Hall–Kier alpha value is -3.13. The number of Topliss-reactive ketones (excluding diaryl/α,β-unsaturated/α-hetero) is 1. The molecule has 0 saturated carbocycles. The summed E-state index contributed by atoms with van der Waals surface area (Å²) in [5.74, 6) is 1.20. The molecule has 3 heterocycles. The molecule has 0 fully saturated rings. The van der Waals surface area contributed by atoms with Crippen LogP contribution in [0.25, 0.3) is 15.3 Å². The van der Waals surface area contributed by atoms with Gasteiger partial charge in [0, 0.05) is 34.5 Å². The molecular formula is C24H16Cl2N4O2S. The molecule has 9 heteroatoms. The third kappa shape index (κ3) is 3.72. The second-order valence-corrected chi connectivity index (χ2v) is 9.76. The van der Waals surface area contributed by atoms with Crippen molar-refractivity contribution in [2.75, 3.05) is 5.32 Å². The number of furan rings is 1. The zero-order valence-corrected chi connectivity index (χ0v) is 19.4. The van der Waals surface area contributed by atoms with Gasteiger partial charge in [0.15, 0.2) is 11.6 Å². The van der Waals surface area contributed by atoms with E-state index in [1.807, 2.05) is 36.4 Å². The lowest BCUT2D eigenvalue weighted by molar-refractivity contribution is 0.0960. The lowest BCUT2D eigenvalue weighted by Crippen LogP contribution is -2.20. The molecule has 0 bridgehead atoms. The van der Waals surface area contributed by atoms with Crippen molar-refractivity contribution in [2.24, 2.45) is 0 Å². The van der Waals surface area contributed by atoms with E-state index in [0.29, 0.717) is 45.1 Å². The smallest absolute Gasteiger partial charge is 0.211 e. The lowest BCUT2D eigenvalue weighted by atomic mass is 9.85. The quantitative estimate of drug-likeness (QED) is 0.290. The van der Waals surface area contributed by atoms with Crippen LogP contribution in [0.5, 0.6) is 0 Å². The number of aromatic nitrogens is 3. The van der Waals surface area contributed by atoms with E-state index < -0.39 is 0 Å². The molecule has 6 rings (SSSR count). The van der Waals surface area contributed by atoms with Crippen molar-refractivity contribution in [3.05, 3.63) is 87.9 Å². The first kappa shape index (κ1) is 20.5. The maximum absolute atomic E-state index is 13.3. The molecule has 1 aliphatic carbocycles. The number of nitrogens with one attached hydrogen (secondary N) is 1. The fraction of sp³-hybridized carbons (Fsp3) is 0.125. The zero-order chi connectivity index (χ0) is 22.5. The maximum atomic E-state index is 13.3. The van der Waals surface area contributed by atoms with E-state index in [1.165, 1.54) is 11.3 Å². The highest BCUT2D eigenvalue weighted by molar-refractivity contribution is 7.20. The normalized spacial score (nSPS) is 15.7. The van der Waals surface area contributed by atoms with E-state index in [0.717, 1.165) is 21.7 Å². The van der Waals surface area contributed by atoms with Crippen LogP contribution in [-0.4, -0.2) is 20.5 Å². The molecule has 164 valence electrons. The highest BCUT2D eigenvalue weighted by atomic mass is 35.5. The number of fused-ring (bicyclic) bond motifs is 2. The van der Waals surface area contributed by atoms with E-state index in [2.05, 4.69) is 5.32 Å². The topological polar surface area (TPSA) is 73.0 Å². The number of benzene rings is 2. The molecular weight excluding hydrogens is 479 g/mol. The number of thiazole rings is 1. The first-order chi connectivity index (χ1) is 16.0. The van der Waals surface area contributed by atoms with Gasteiger partial charge in [-0.05, 0) is 42.5 Å². The Balaban J connectivity index is 1.50. The molecule has 1 N–H and O–H groups in total. The van der Waals surface area contributed by atoms with Gasteiger partial charge in [-0.3, -0.25) is 4.79 Å². The number of para-hydroxylation sites is 1. The Morgan fingerprint density at radius 2 is 1.88 bits per heavy atom. The summed E-state index contributed by atoms with van der Waals surface area (Å²) in [6.07, 6.45) is 2.59. The van der Waals surface area contributed by atoms with Crippen LogP contribution in [0, 0.1) is 0 Å². The summed E-state index contributed by atoms with van der Waals surface area (Å²) in [4.78, 5) is 18.1. The van der Waals surface area contributed by atoms with E-state index in [-0.39, 0.29) is 11.7 Å². The SMILES string of the molecule is O=C1CC(c2ccco2)Cc2c1c(Nc1cc(Cl)cc(Cl)c1)nn2-c1nc2ccccc2s1. The summed E-state index contributed by atoms with van der Waals surface area (Å²) in [6, 6.07) is 16.8. The zero-order valence-electron chi connectivity index (χ0n) is 17.1. The molecule has 1 unspecified atom stereocenters. The van der Waals surface area contributed by atoms with Gasteiger partial charge in [-0.1, -0.05) is 46.7 Å². The first-order valence-corrected chi connectivity index (χ1v) is 11.9. The minimum absolute atomic E-state index is 0.000589. The Kier molecular flexibility index (Phi) is 4.98. The molecule has 6 nitrogen and oxygen atoms in total. The van der Waals surface area contributed by atoms with Crippen molar-refractivity contribution >= 4 is 62.0 Å². The van der Waals surface area contributed by atoms with Gasteiger partial charge in [-0.2, -0.15) is 0 Å². The van der Waals surface area contributed by atoms with E-state index in [4.69, 9.17) is 37.7 Å². The van der Waals surface area contributed by atoms with Crippen LogP contribution in [-0.2, 0) is 6.42 Å². The molecule has 1 aliphatic rings. The maximum Gasteiger partial charge on any atom is 0.211 e. The van der Waals surface area contributed by atoms with Crippen molar-refractivity contribution in [2.45, 2.75) is 18.8 Å². The second kappa shape index (κ2) is 8.02. The van der Waals surface area contributed by atoms with Gasteiger partial charge in [-0.15, -0.1) is 5.10 Å². The number of anilines is 2. The van der Waals surface area contributed by atoms with Gasteiger partial charge in [0.2, 0.25) is 5.13 Å². The summed E-state index contributed by atoms with van der Waals surface area (Å²) < 4.78 is 8.45. The molecule has 0 spiro atoms. The van der Waals surface area contributed by atoms with Gasteiger partial charge in [0.1, 0.15) is 5.76 Å². The Bertz CT molecular complexity index is 1450. The van der Waals surface area contributed by atoms with Crippen molar-refractivity contribution in [3.63, 3.8) is 0 Å². The van der Waals surface area contributed by atoms with Crippen LogP contribution >= 0.6 is 34.5 Å². The third-order valence-corrected chi connectivity index (χ3v) is 7.11. The average Bonchev–Trinajstić information content (AvgIpc) is 3.51. The molecule has 0 radical (unpaired) electrons. The molecule has 5 aromatic rings. The molecule has 0 saturated heterocycles. The number of nitrogens with zero attached hydrogens (tertiary/aromatic N) is 3. The van der Waals surface area contributed by atoms with Gasteiger partial charge in [0.25, 0.3) is 0 Å². The number of ketones is 1. The highest BCUT2D eigenvalue weighted by Gasteiger charge is 2.35. The number of hydrogen-bond donors (Lipinski definition) is 1. The predicted molar refractivity (Wildman–Crippen MR) is 131 cm³/mol. The molecule has 0 aliphatic heterocycles. The summed E-state index contributed by atoms with van der Waals surface area (Å²) in [7, 11) is 0. The third-order valence-electron chi connectivity index (χ3n) is 5.67. The van der Waals surface area contributed by atoms with Crippen LogP contribution in [0.1, 0.15) is 34.2 Å². The molecule has 0 amide bonds. The Morgan fingerprint density at radius 3 is 2.64 bits per heavy atom. The van der Waals surface area contributed by atoms with Gasteiger partial charge < -0.3 is 9.73 Å². The van der Waals surface area contributed by atoms with Gasteiger partial charge in [0.05, 0.1) is 27.7 Å². The number of rotatable bonds is 4. The van der Waals surface area contributed by atoms with Crippen LogP contribution in [0.3, 0.4) is 0 Å². The second-order valence-electron chi connectivity index (χ2n) is 7.87. The fourth-order valence-corrected chi connectivity index (χ4v) is 5.72. The number of carbonyl (C=O) groups excluding carboxylic acids is 1. The van der Waals surface area contributed by atoms with Crippen molar-refractivity contribution in [1.29, 1.82) is 0 Å². The van der Waals surface area contributed by atoms with Crippen LogP contribution in [0.2, 0.25) is 10.0 Å². The summed E-state index contributed by atoms with van der Waals surface area (Å²) in [5, 5.41) is 9.74. The number of hydrogen-bond acceptors (Lipinski definition) is 6. The largest absolute Gasteiger partial charge is 0.469 e. The first-order valence-electron chi connectivity index (χ1n) is 10.3. The fourth-order valence-electron chi connectivity index (χ4n) is 4.25. The van der Waals surface area contributed by atoms with Crippen LogP contribution in [0.4, 0.5) is 11.5 Å². The molecule has 2 aromatic carbocycles. The summed E-state index contributed by atoms with van der Waals surface area (Å²) in [5.41, 5.74) is 2.92. The van der Waals surface area contributed by atoms with Crippen molar-refractivity contribution in [1.82, 2.24) is 14.8 Å². The minimum atomic E-state index is -0.0571. The minimum Gasteiger partial charge on any atom is -0.469 e. The van der Waals surface area contributed by atoms with E-state index in [1.54, 1.807) is 29.1 Å². The van der Waals surface area contributed by atoms with E-state index >= 15 is 0 Å². The van der Waals surface area contributed by atoms with Crippen LogP contribution < -0.4 is 5.32 Å². The van der Waals surface area contributed by atoms with Crippen molar-refractivity contribution in [3.8, 4) is 5.13 Å². The molecule has 1 atom stereocenters. The standard InChI is InChI=1S/C24H16Cl2N4O2S/c25-14-10-15(26)12-16(11-14)27-23-22-18(8-13(9-19(22)31)20-5-3-7-32-20)30(29-23)24-28-17-4-1-2-6-21(17)33-24/h1-7,10-13H,8-9H2,(H,27,29). The Labute approximate surface area is 202 Å². The van der Waals surface area contributed by atoms with Gasteiger partial charge in [-0.25, -0.2) is 9.67 Å². The highest BCUT2D eigenvalue weighted by Crippen LogP contribution is 2.39. The molecule has 3 aromatic heterocycles. The predicted octanol–water partition coefficient (Wildman–Crippen LogP) is 7.04. The van der Waals surface area contributed by atoms with Gasteiger partial charge >= 0.3 is 0 Å². The summed E-state index contributed by atoms with van der Waals surface area (Å²) >= 11 is 13.9. The number of halogens is 2. The monoisotopic (exact) mass is 494 g/mol. The van der Waals surface area contributed by atoms with Crippen molar-refractivity contribution < 1.29 is 9.21 Å². The number of carbonyl (C=O) groups is 1. The summed E-state index contributed by atoms with van der Waals surface area (Å²) in [6.45, 7) is 0. The van der Waals surface area contributed by atoms with Crippen LogP contribution in [0.15, 0.2) is 65.3 Å².